The summed E-state index contributed by atoms with van der Waals surface area (Å²) in [5, 5.41) is 11.0. The lowest BCUT2D eigenvalue weighted by atomic mass is 9.31. The first-order chi connectivity index (χ1) is 15.6. The van der Waals surface area contributed by atoms with Crippen molar-refractivity contribution in [1.82, 2.24) is 0 Å². The lowest BCUT2D eigenvalue weighted by Gasteiger charge is -2.74. The van der Waals surface area contributed by atoms with Crippen LogP contribution in [-0.2, 0) is 9.53 Å². The molecule has 3 nitrogen and oxygen atoms in total. The number of hydrogen-bond donors (Lipinski definition) is 1. The van der Waals surface area contributed by atoms with Crippen LogP contribution in [0.4, 0.5) is 0 Å². The van der Waals surface area contributed by atoms with E-state index in [1.54, 1.807) is 0 Å². The van der Waals surface area contributed by atoms with Gasteiger partial charge in [-0.25, -0.2) is 0 Å². The van der Waals surface area contributed by atoms with Gasteiger partial charge < -0.3 is 9.84 Å². The molecule has 10 atom stereocenters. The third-order valence-electron chi connectivity index (χ3n) is 14.0. The second-order valence-electron chi connectivity index (χ2n) is 15.7. The fraction of sp³-hybridized carbons (Fsp3) is 0.967. The number of aliphatic hydroxyl groups excluding tert-OH is 1. The van der Waals surface area contributed by atoms with Crippen molar-refractivity contribution in [3.8, 4) is 0 Å². The van der Waals surface area contributed by atoms with E-state index in [1.807, 2.05) is 0 Å². The first-order valence-corrected chi connectivity index (χ1v) is 15.1. The van der Waals surface area contributed by atoms with E-state index in [-0.39, 0.29) is 49.4 Å². The summed E-state index contributed by atoms with van der Waals surface area (Å²) in [6.45, 7) is 17.1. The number of esters is 1. The highest BCUT2D eigenvalue weighted by Crippen LogP contribution is 2.81. The van der Waals surface area contributed by atoms with Gasteiger partial charge in [-0.3, -0.25) is 4.79 Å². The summed E-state index contributed by atoms with van der Waals surface area (Å²) < 4.78 is 6.84. The number of carbonyl (C=O) groups excluding carboxylic acids is 1. The fourth-order valence-electron chi connectivity index (χ4n) is 11.8. The van der Waals surface area contributed by atoms with E-state index in [0.717, 1.165) is 51.4 Å². The molecule has 192 valence electrons. The molecular weight excluding hydrogens is 488 g/mol. The number of carbonyl (C=O) groups is 1. The summed E-state index contributed by atoms with van der Waals surface area (Å²) in [5.74, 6) is 1.58. The van der Waals surface area contributed by atoms with E-state index in [1.165, 1.54) is 12.8 Å². The molecule has 0 aromatic carbocycles. The van der Waals surface area contributed by atoms with Crippen molar-refractivity contribution in [1.29, 1.82) is 0 Å². The van der Waals surface area contributed by atoms with Crippen molar-refractivity contribution in [3.05, 3.63) is 0 Å². The van der Waals surface area contributed by atoms with Gasteiger partial charge in [-0.1, -0.05) is 64.4 Å². The SMILES string of the molecule is CC1(C)CC[C@@]23CC[C@]4(C)[C@@](OC2=O)([C@@H]3C1)[C@@H](Br)C[C@@H]1[C@@]2(C)CC[C@H](O)C(C)(C)[C@@H]2CC[C@]14C. The Morgan fingerprint density at radius 1 is 0.853 bits per heavy atom. The van der Waals surface area contributed by atoms with Crippen LogP contribution in [0.25, 0.3) is 0 Å². The number of hydrogen-bond acceptors (Lipinski definition) is 3. The molecule has 1 heterocycles. The van der Waals surface area contributed by atoms with Crippen molar-refractivity contribution >= 4 is 21.9 Å². The van der Waals surface area contributed by atoms with Crippen LogP contribution in [0, 0.1) is 50.2 Å². The van der Waals surface area contributed by atoms with Gasteiger partial charge in [0.15, 0.2) is 0 Å². The van der Waals surface area contributed by atoms with Crippen LogP contribution in [0.3, 0.4) is 0 Å². The number of aliphatic hydroxyl groups is 1. The molecule has 34 heavy (non-hydrogen) atoms. The Bertz CT molecular complexity index is 928. The van der Waals surface area contributed by atoms with E-state index in [4.69, 9.17) is 4.74 Å². The minimum Gasteiger partial charge on any atom is -0.457 e. The van der Waals surface area contributed by atoms with Crippen molar-refractivity contribution in [2.45, 2.75) is 129 Å². The molecule has 0 radical (unpaired) electrons. The molecule has 0 aromatic heterocycles. The van der Waals surface area contributed by atoms with Crippen LogP contribution in [0.1, 0.15) is 113 Å². The van der Waals surface area contributed by atoms with E-state index in [9.17, 15) is 9.90 Å². The summed E-state index contributed by atoms with van der Waals surface area (Å²) in [6, 6.07) is 0. The first kappa shape index (κ1) is 24.3. The molecule has 1 spiro atoms. The normalized spacial score (nSPS) is 59.2. The Morgan fingerprint density at radius 2 is 1.53 bits per heavy atom. The average molecular weight is 536 g/mol. The van der Waals surface area contributed by atoms with E-state index >= 15 is 0 Å². The Labute approximate surface area is 215 Å². The quantitative estimate of drug-likeness (QED) is 0.262. The minimum atomic E-state index is -0.391. The van der Waals surface area contributed by atoms with Crippen molar-refractivity contribution in [3.63, 3.8) is 0 Å². The van der Waals surface area contributed by atoms with Gasteiger partial charge in [-0.2, -0.15) is 0 Å². The second kappa shape index (κ2) is 6.66. The Morgan fingerprint density at radius 3 is 2.24 bits per heavy atom. The van der Waals surface area contributed by atoms with E-state index in [0.29, 0.717) is 17.8 Å². The zero-order valence-corrected chi connectivity index (χ0v) is 24.2. The summed E-state index contributed by atoms with van der Waals surface area (Å²) >= 11 is 4.27. The number of fused-ring (bicyclic) bond motifs is 4. The molecule has 6 rings (SSSR count). The predicted molar refractivity (Wildman–Crippen MR) is 139 cm³/mol. The summed E-state index contributed by atoms with van der Waals surface area (Å²) in [6.07, 6.45) is 10.7. The molecular formula is C30H47BrO3. The van der Waals surface area contributed by atoms with Crippen LogP contribution in [0.15, 0.2) is 0 Å². The standard InChI is InChI=1S/C30H47BrO3/c1-24(2)12-14-29-15-13-28(7)27(6)11-8-18-25(3,4)22(32)9-10-26(18,5)19(27)16-21(31)30(28,20(29)17-24)34-23(29)33/h18-22,32H,8-17H2,1-7H3/t18-,19+,20+,21-,22-,26-,27+,28-,29-,30+/m0/s1. The van der Waals surface area contributed by atoms with Crippen LogP contribution in [0.5, 0.6) is 0 Å². The zero-order valence-electron chi connectivity index (χ0n) is 22.6. The maximum absolute atomic E-state index is 13.8. The van der Waals surface area contributed by atoms with Crippen molar-refractivity contribution < 1.29 is 14.6 Å². The molecule has 5 saturated carbocycles. The maximum Gasteiger partial charge on any atom is 0.313 e. The smallest absolute Gasteiger partial charge is 0.313 e. The van der Waals surface area contributed by atoms with Gasteiger partial charge in [-0.15, -0.1) is 0 Å². The molecule has 1 aliphatic heterocycles. The Hall–Kier alpha value is -0.0900. The van der Waals surface area contributed by atoms with Crippen LogP contribution < -0.4 is 0 Å². The van der Waals surface area contributed by atoms with Gasteiger partial charge in [0.25, 0.3) is 0 Å². The molecule has 2 bridgehead atoms. The van der Waals surface area contributed by atoms with Gasteiger partial charge in [0.2, 0.25) is 0 Å². The number of alkyl halides is 1. The number of rotatable bonds is 0. The molecule has 1 saturated heterocycles. The van der Waals surface area contributed by atoms with Gasteiger partial charge >= 0.3 is 5.97 Å². The molecule has 0 amide bonds. The fourth-order valence-corrected chi connectivity index (χ4v) is 13.0. The van der Waals surface area contributed by atoms with E-state index in [2.05, 4.69) is 64.4 Å². The molecule has 6 fully saturated rings. The van der Waals surface area contributed by atoms with Gasteiger partial charge in [0.05, 0.1) is 16.3 Å². The van der Waals surface area contributed by atoms with Gasteiger partial charge in [0, 0.05) is 11.3 Å². The predicted octanol–water partition coefficient (Wildman–Crippen LogP) is 7.28. The van der Waals surface area contributed by atoms with E-state index < -0.39 is 5.60 Å². The monoisotopic (exact) mass is 534 g/mol. The van der Waals surface area contributed by atoms with Gasteiger partial charge in [-0.05, 0) is 97.7 Å². The molecule has 6 aliphatic rings. The first-order valence-electron chi connectivity index (χ1n) is 14.2. The number of halogens is 1. The highest BCUT2D eigenvalue weighted by Gasteiger charge is 2.83. The second-order valence-corrected chi connectivity index (χ2v) is 16.8. The Kier molecular flexibility index (Phi) is 4.75. The number of ether oxygens (including phenoxy) is 1. The summed E-state index contributed by atoms with van der Waals surface area (Å²) in [4.78, 5) is 14.0. The molecule has 4 heteroatoms. The lowest BCUT2D eigenvalue weighted by molar-refractivity contribution is -0.282. The third kappa shape index (κ3) is 2.43. The maximum atomic E-state index is 13.8. The Balaban J connectivity index is 1.49. The van der Waals surface area contributed by atoms with Crippen LogP contribution in [-0.4, -0.2) is 27.6 Å². The van der Waals surface area contributed by atoms with Crippen LogP contribution in [0.2, 0.25) is 0 Å². The van der Waals surface area contributed by atoms with Gasteiger partial charge in [0.1, 0.15) is 5.60 Å². The third-order valence-corrected chi connectivity index (χ3v) is 15.0. The topological polar surface area (TPSA) is 46.5 Å². The highest BCUT2D eigenvalue weighted by molar-refractivity contribution is 9.09. The summed E-state index contributed by atoms with van der Waals surface area (Å²) in [7, 11) is 0. The van der Waals surface area contributed by atoms with Crippen molar-refractivity contribution in [2.24, 2.45) is 50.2 Å². The van der Waals surface area contributed by atoms with Crippen molar-refractivity contribution in [2.75, 3.05) is 0 Å². The molecule has 0 aromatic rings. The molecule has 0 unspecified atom stereocenters. The minimum absolute atomic E-state index is 0.0288. The largest absolute Gasteiger partial charge is 0.457 e. The average Bonchev–Trinajstić information content (AvgIpc) is 2.93. The summed E-state index contributed by atoms with van der Waals surface area (Å²) in [5.41, 5.74) is -0.0831. The molecule has 1 N–H and O–H groups in total. The highest BCUT2D eigenvalue weighted by atomic mass is 79.9. The molecule has 5 aliphatic carbocycles. The zero-order chi connectivity index (χ0) is 24.7. The lowest BCUT2D eigenvalue weighted by Crippen LogP contribution is -2.75. The van der Waals surface area contributed by atoms with Crippen LogP contribution >= 0.6 is 15.9 Å².